The van der Waals surface area contributed by atoms with Crippen molar-refractivity contribution in [2.24, 2.45) is 7.05 Å². The number of hydrogen-bond acceptors (Lipinski definition) is 2. The molecule has 1 aromatic heterocycles. The second-order valence-corrected chi connectivity index (χ2v) is 5.97. The van der Waals surface area contributed by atoms with Crippen LogP contribution in [0, 0.1) is 0 Å². The molecule has 2 aromatic carbocycles. The lowest BCUT2D eigenvalue weighted by atomic mass is 9.96. The molecule has 3 rings (SSSR count). The SMILES string of the molecule is Cn1c(C(=O)NCC(C)(O)c2ccccc2)cc2ccccc21. The van der Waals surface area contributed by atoms with Gasteiger partial charge >= 0.3 is 0 Å². The summed E-state index contributed by atoms with van der Waals surface area (Å²) >= 11 is 0. The molecule has 1 heterocycles. The van der Waals surface area contributed by atoms with Crippen molar-refractivity contribution in [3.05, 3.63) is 71.9 Å². The zero-order valence-corrected chi connectivity index (χ0v) is 13.3. The Morgan fingerprint density at radius 3 is 2.48 bits per heavy atom. The summed E-state index contributed by atoms with van der Waals surface area (Å²) in [6.07, 6.45) is 0. The van der Waals surface area contributed by atoms with Gasteiger partial charge < -0.3 is 15.0 Å². The van der Waals surface area contributed by atoms with Crippen molar-refractivity contribution < 1.29 is 9.90 Å². The zero-order chi connectivity index (χ0) is 16.4. The number of para-hydroxylation sites is 1. The van der Waals surface area contributed by atoms with Crippen molar-refractivity contribution in [1.82, 2.24) is 9.88 Å². The monoisotopic (exact) mass is 308 g/mol. The third kappa shape index (κ3) is 2.98. The average Bonchev–Trinajstić information content (AvgIpc) is 2.91. The van der Waals surface area contributed by atoms with Gasteiger partial charge in [0.15, 0.2) is 0 Å². The van der Waals surface area contributed by atoms with Gasteiger partial charge in [-0.05, 0) is 24.6 Å². The highest BCUT2D eigenvalue weighted by Crippen LogP contribution is 2.21. The van der Waals surface area contributed by atoms with Gasteiger partial charge in [-0.2, -0.15) is 0 Å². The van der Waals surface area contributed by atoms with Gasteiger partial charge in [0, 0.05) is 18.0 Å². The molecule has 0 saturated heterocycles. The van der Waals surface area contributed by atoms with Crippen molar-refractivity contribution in [2.45, 2.75) is 12.5 Å². The minimum absolute atomic E-state index is 0.150. The van der Waals surface area contributed by atoms with Crippen molar-refractivity contribution in [1.29, 1.82) is 0 Å². The Balaban J connectivity index is 1.77. The standard InChI is InChI=1S/C19H20N2O2/c1-19(23,15-9-4-3-5-10-15)13-20-18(22)17-12-14-8-6-7-11-16(14)21(17)2/h3-12,23H,13H2,1-2H3,(H,20,22). The van der Waals surface area contributed by atoms with E-state index in [-0.39, 0.29) is 12.5 Å². The molecule has 2 N–H and O–H groups in total. The van der Waals surface area contributed by atoms with E-state index in [9.17, 15) is 9.90 Å². The van der Waals surface area contributed by atoms with E-state index in [1.165, 1.54) is 0 Å². The fourth-order valence-corrected chi connectivity index (χ4v) is 2.75. The third-order valence-corrected chi connectivity index (χ3v) is 4.17. The first kappa shape index (κ1) is 15.3. The summed E-state index contributed by atoms with van der Waals surface area (Å²) in [7, 11) is 1.87. The molecule has 1 atom stereocenters. The molecule has 0 bridgehead atoms. The Kier molecular flexibility index (Phi) is 3.92. The Labute approximate surface area is 135 Å². The maximum Gasteiger partial charge on any atom is 0.268 e. The second-order valence-electron chi connectivity index (χ2n) is 5.97. The van der Waals surface area contributed by atoms with Crippen LogP contribution in [0.4, 0.5) is 0 Å². The van der Waals surface area contributed by atoms with Crippen LogP contribution in [0.2, 0.25) is 0 Å². The van der Waals surface area contributed by atoms with E-state index >= 15 is 0 Å². The number of aliphatic hydroxyl groups is 1. The minimum Gasteiger partial charge on any atom is -0.384 e. The summed E-state index contributed by atoms with van der Waals surface area (Å²) < 4.78 is 1.86. The van der Waals surface area contributed by atoms with Crippen LogP contribution in [0.3, 0.4) is 0 Å². The van der Waals surface area contributed by atoms with Crippen LogP contribution in [0.15, 0.2) is 60.7 Å². The van der Waals surface area contributed by atoms with Crippen molar-refractivity contribution in [3.8, 4) is 0 Å². The average molecular weight is 308 g/mol. The fourth-order valence-electron chi connectivity index (χ4n) is 2.75. The van der Waals surface area contributed by atoms with Crippen LogP contribution in [0.25, 0.3) is 10.9 Å². The first-order chi connectivity index (χ1) is 11.0. The molecule has 0 saturated carbocycles. The highest BCUT2D eigenvalue weighted by Gasteiger charge is 2.24. The Hall–Kier alpha value is -2.59. The summed E-state index contributed by atoms with van der Waals surface area (Å²) in [6.45, 7) is 1.85. The number of aromatic nitrogens is 1. The van der Waals surface area contributed by atoms with E-state index < -0.39 is 5.60 Å². The molecule has 1 amide bonds. The molecular weight excluding hydrogens is 288 g/mol. The zero-order valence-electron chi connectivity index (χ0n) is 13.3. The lowest BCUT2D eigenvalue weighted by molar-refractivity contribution is 0.0524. The molecular formula is C19H20N2O2. The summed E-state index contributed by atoms with van der Waals surface area (Å²) in [4.78, 5) is 12.5. The van der Waals surface area contributed by atoms with Gasteiger partial charge in [-0.15, -0.1) is 0 Å². The van der Waals surface area contributed by atoms with Crippen LogP contribution in [-0.4, -0.2) is 22.1 Å². The number of fused-ring (bicyclic) bond motifs is 1. The number of rotatable bonds is 4. The fraction of sp³-hybridized carbons (Fsp3) is 0.211. The quantitative estimate of drug-likeness (QED) is 0.779. The van der Waals surface area contributed by atoms with E-state index in [0.717, 1.165) is 16.5 Å². The Bertz CT molecular complexity index is 835. The van der Waals surface area contributed by atoms with Gasteiger partial charge in [0.1, 0.15) is 11.3 Å². The van der Waals surface area contributed by atoms with E-state index in [1.807, 2.05) is 72.3 Å². The molecule has 0 fully saturated rings. The van der Waals surface area contributed by atoms with Crippen LogP contribution < -0.4 is 5.32 Å². The maximum atomic E-state index is 12.5. The van der Waals surface area contributed by atoms with Crippen LogP contribution >= 0.6 is 0 Å². The maximum absolute atomic E-state index is 12.5. The summed E-state index contributed by atoms with van der Waals surface area (Å²) in [5.74, 6) is -0.195. The molecule has 0 spiro atoms. The second kappa shape index (κ2) is 5.89. The normalized spacial score (nSPS) is 13.7. The molecule has 4 nitrogen and oxygen atoms in total. The Morgan fingerprint density at radius 1 is 1.13 bits per heavy atom. The molecule has 118 valence electrons. The lowest BCUT2D eigenvalue weighted by Crippen LogP contribution is -2.39. The summed E-state index contributed by atoms with van der Waals surface area (Å²) in [6, 6.07) is 19.1. The summed E-state index contributed by atoms with van der Waals surface area (Å²) in [5, 5.41) is 14.4. The number of nitrogens with zero attached hydrogens (tertiary/aromatic N) is 1. The topological polar surface area (TPSA) is 54.3 Å². The molecule has 0 aliphatic rings. The molecule has 0 radical (unpaired) electrons. The molecule has 3 aromatic rings. The minimum atomic E-state index is -1.11. The number of benzene rings is 2. The third-order valence-electron chi connectivity index (χ3n) is 4.17. The van der Waals surface area contributed by atoms with E-state index in [0.29, 0.717) is 5.69 Å². The van der Waals surface area contributed by atoms with Crippen LogP contribution in [0.1, 0.15) is 23.0 Å². The van der Waals surface area contributed by atoms with E-state index in [1.54, 1.807) is 6.92 Å². The number of nitrogens with one attached hydrogen (secondary N) is 1. The number of carbonyl (C=O) groups excluding carboxylic acids is 1. The molecule has 1 unspecified atom stereocenters. The molecule has 4 heteroatoms. The first-order valence-electron chi connectivity index (χ1n) is 7.59. The lowest BCUT2D eigenvalue weighted by Gasteiger charge is -2.24. The van der Waals surface area contributed by atoms with Gasteiger partial charge in [-0.1, -0.05) is 48.5 Å². The van der Waals surface area contributed by atoms with Gasteiger partial charge in [-0.25, -0.2) is 0 Å². The van der Waals surface area contributed by atoms with Crippen molar-refractivity contribution in [2.75, 3.05) is 6.54 Å². The number of hydrogen-bond donors (Lipinski definition) is 2. The van der Waals surface area contributed by atoms with Gasteiger partial charge in [0.25, 0.3) is 5.91 Å². The predicted octanol–water partition coefficient (Wildman–Crippen LogP) is 2.82. The smallest absolute Gasteiger partial charge is 0.268 e. The molecule has 0 aliphatic heterocycles. The van der Waals surface area contributed by atoms with Crippen molar-refractivity contribution >= 4 is 16.8 Å². The van der Waals surface area contributed by atoms with Gasteiger partial charge in [0.05, 0.1) is 6.54 Å². The molecule has 0 aliphatic carbocycles. The highest BCUT2D eigenvalue weighted by atomic mass is 16.3. The van der Waals surface area contributed by atoms with Crippen LogP contribution in [0.5, 0.6) is 0 Å². The van der Waals surface area contributed by atoms with Crippen LogP contribution in [-0.2, 0) is 12.6 Å². The number of amides is 1. The van der Waals surface area contributed by atoms with Gasteiger partial charge in [-0.3, -0.25) is 4.79 Å². The number of aryl methyl sites for hydroxylation is 1. The number of carbonyl (C=O) groups is 1. The van der Waals surface area contributed by atoms with E-state index in [2.05, 4.69) is 5.32 Å². The summed E-state index contributed by atoms with van der Waals surface area (Å²) in [5.41, 5.74) is 1.25. The van der Waals surface area contributed by atoms with Gasteiger partial charge in [0.2, 0.25) is 0 Å². The molecule has 23 heavy (non-hydrogen) atoms. The largest absolute Gasteiger partial charge is 0.384 e. The first-order valence-corrected chi connectivity index (χ1v) is 7.59. The van der Waals surface area contributed by atoms with E-state index in [4.69, 9.17) is 0 Å². The predicted molar refractivity (Wildman–Crippen MR) is 91.3 cm³/mol. The Morgan fingerprint density at radius 2 is 1.78 bits per heavy atom. The highest BCUT2D eigenvalue weighted by molar-refractivity contribution is 5.98. The van der Waals surface area contributed by atoms with Crippen molar-refractivity contribution in [3.63, 3.8) is 0 Å².